The quantitative estimate of drug-likeness (QED) is 0.809. The number of nitrogens with one attached hydrogen (secondary N) is 1. The number of carbonyl (C=O) groups excluding carboxylic acids is 1. The van der Waals surface area contributed by atoms with Gasteiger partial charge in [0, 0.05) is 0 Å². The lowest BCUT2D eigenvalue weighted by molar-refractivity contribution is -0.140. The fourth-order valence-electron chi connectivity index (χ4n) is 3.59. The first-order chi connectivity index (χ1) is 11.1. The molecule has 1 aromatic carbocycles. The van der Waals surface area contributed by atoms with Gasteiger partial charge in [0.05, 0.1) is 12.0 Å². The average Bonchev–Trinajstić information content (AvgIpc) is 3.28. The Morgan fingerprint density at radius 3 is 2.30 bits per heavy atom. The molecule has 124 valence electrons. The summed E-state index contributed by atoms with van der Waals surface area (Å²) in [5.74, 6) is -0.323. The summed E-state index contributed by atoms with van der Waals surface area (Å²) in [6.07, 6.45) is 4.55. The summed E-state index contributed by atoms with van der Waals surface area (Å²) >= 11 is 0. The van der Waals surface area contributed by atoms with E-state index in [4.69, 9.17) is 4.74 Å². The largest absolute Gasteiger partial charge is 0.481 e. The van der Waals surface area contributed by atoms with Gasteiger partial charge in [-0.2, -0.15) is 0 Å². The molecular formula is C18H23NO4. The van der Waals surface area contributed by atoms with Gasteiger partial charge < -0.3 is 15.2 Å². The van der Waals surface area contributed by atoms with Crippen LogP contribution in [-0.2, 0) is 16.1 Å². The van der Waals surface area contributed by atoms with Crippen molar-refractivity contribution in [2.45, 2.75) is 50.7 Å². The number of carbonyl (C=O) groups is 2. The molecule has 0 radical (unpaired) electrons. The van der Waals surface area contributed by atoms with Crippen LogP contribution in [0, 0.1) is 11.8 Å². The number of carboxylic acids is 1. The Labute approximate surface area is 136 Å². The number of hydrogen-bond acceptors (Lipinski definition) is 3. The van der Waals surface area contributed by atoms with Gasteiger partial charge in [-0.05, 0) is 43.1 Å². The predicted molar refractivity (Wildman–Crippen MR) is 84.8 cm³/mol. The predicted octanol–water partition coefficient (Wildman–Crippen LogP) is 3.34. The van der Waals surface area contributed by atoms with E-state index in [2.05, 4.69) is 5.32 Å². The first-order valence-corrected chi connectivity index (χ1v) is 8.31. The Kier molecular flexibility index (Phi) is 4.55. The number of hydrogen-bond donors (Lipinski definition) is 2. The number of carboxylic acid groups (broad SMARTS) is 1. The normalized spacial score (nSPS) is 20.2. The van der Waals surface area contributed by atoms with Crippen LogP contribution in [0.15, 0.2) is 30.3 Å². The van der Waals surface area contributed by atoms with E-state index >= 15 is 0 Å². The molecule has 2 aliphatic carbocycles. The van der Waals surface area contributed by atoms with Gasteiger partial charge in [0.1, 0.15) is 6.61 Å². The monoisotopic (exact) mass is 317 g/mol. The Bertz CT molecular complexity index is 566. The van der Waals surface area contributed by atoms with Crippen molar-refractivity contribution in [1.82, 2.24) is 5.32 Å². The second-order valence-corrected chi connectivity index (χ2v) is 6.70. The molecule has 3 rings (SSSR count). The molecule has 0 bridgehead atoms. The van der Waals surface area contributed by atoms with Crippen molar-refractivity contribution in [1.29, 1.82) is 0 Å². The summed E-state index contributed by atoms with van der Waals surface area (Å²) < 4.78 is 5.32. The molecule has 5 nitrogen and oxygen atoms in total. The molecule has 2 aliphatic rings. The molecule has 0 heterocycles. The van der Waals surface area contributed by atoms with Crippen LogP contribution in [0.3, 0.4) is 0 Å². The highest BCUT2D eigenvalue weighted by molar-refractivity contribution is 5.73. The van der Waals surface area contributed by atoms with Gasteiger partial charge in [-0.1, -0.05) is 36.8 Å². The Hall–Kier alpha value is -2.04. The van der Waals surface area contributed by atoms with E-state index in [0.717, 1.165) is 37.7 Å². The van der Waals surface area contributed by atoms with E-state index in [1.165, 1.54) is 0 Å². The number of benzene rings is 1. The molecular weight excluding hydrogens is 294 g/mol. The molecule has 23 heavy (non-hydrogen) atoms. The average molecular weight is 317 g/mol. The molecule has 0 spiro atoms. The maximum atomic E-state index is 12.3. The number of amides is 1. The van der Waals surface area contributed by atoms with Gasteiger partial charge in [-0.3, -0.25) is 4.79 Å². The number of ether oxygens (including phenoxy) is 1. The lowest BCUT2D eigenvalue weighted by atomic mass is 9.66. The molecule has 0 saturated heterocycles. The minimum absolute atomic E-state index is 0.0111. The van der Waals surface area contributed by atoms with Crippen LogP contribution in [0.1, 0.15) is 44.1 Å². The second kappa shape index (κ2) is 6.60. The van der Waals surface area contributed by atoms with Gasteiger partial charge in [-0.25, -0.2) is 4.79 Å². The van der Waals surface area contributed by atoms with E-state index in [-0.39, 0.29) is 24.9 Å². The lowest BCUT2D eigenvalue weighted by Gasteiger charge is -2.45. The third-order valence-electron chi connectivity index (χ3n) is 5.13. The van der Waals surface area contributed by atoms with E-state index in [9.17, 15) is 14.7 Å². The third kappa shape index (κ3) is 3.66. The van der Waals surface area contributed by atoms with Gasteiger partial charge in [0.25, 0.3) is 0 Å². The number of alkyl carbamates (subject to hydrolysis) is 1. The highest BCUT2D eigenvalue weighted by atomic mass is 16.5. The lowest BCUT2D eigenvalue weighted by Crippen LogP contribution is -2.58. The van der Waals surface area contributed by atoms with E-state index in [0.29, 0.717) is 0 Å². The molecule has 1 atom stereocenters. The van der Waals surface area contributed by atoms with Crippen LogP contribution in [0.5, 0.6) is 0 Å². The number of aliphatic carboxylic acids is 1. The Balaban J connectivity index is 1.65. The number of rotatable bonds is 7. The van der Waals surface area contributed by atoms with Crippen molar-refractivity contribution in [3.63, 3.8) is 0 Å². The van der Waals surface area contributed by atoms with Crippen LogP contribution >= 0.6 is 0 Å². The first-order valence-electron chi connectivity index (χ1n) is 8.31. The maximum absolute atomic E-state index is 12.3. The van der Waals surface area contributed by atoms with Crippen molar-refractivity contribution in [2.75, 3.05) is 0 Å². The SMILES string of the molecule is O=C(O)CC(NC(=O)OCc1ccccc1)(C1CCC1)C1CC1. The molecule has 2 saturated carbocycles. The minimum atomic E-state index is -0.854. The first kappa shape index (κ1) is 15.8. The Morgan fingerprint density at radius 2 is 1.78 bits per heavy atom. The van der Waals surface area contributed by atoms with Crippen LogP contribution in [0.2, 0.25) is 0 Å². The minimum Gasteiger partial charge on any atom is -0.481 e. The summed E-state index contributed by atoms with van der Waals surface area (Å²) in [5.41, 5.74) is 0.291. The van der Waals surface area contributed by atoms with Gasteiger partial charge >= 0.3 is 12.1 Å². The Morgan fingerprint density at radius 1 is 1.13 bits per heavy atom. The fourth-order valence-corrected chi connectivity index (χ4v) is 3.59. The van der Waals surface area contributed by atoms with Crippen molar-refractivity contribution in [3.05, 3.63) is 35.9 Å². The summed E-state index contributed by atoms with van der Waals surface area (Å²) in [4.78, 5) is 23.6. The van der Waals surface area contributed by atoms with Crippen LogP contribution in [0.25, 0.3) is 0 Å². The van der Waals surface area contributed by atoms with E-state index < -0.39 is 17.6 Å². The van der Waals surface area contributed by atoms with E-state index in [1.807, 2.05) is 30.3 Å². The summed E-state index contributed by atoms with van der Waals surface area (Å²) in [5, 5.41) is 12.3. The topological polar surface area (TPSA) is 75.6 Å². The molecule has 1 amide bonds. The van der Waals surface area contributed by atoms with Crippen molar-refractivity contribution >= 4 is 12.1 Å². The van der Waals surface area contributed by atoms with Crippen molar-refractivity contribution in [3.8, 4) is 0 Å². The van der Waals surface area contributed by atoms with Gasteiger partial charge in [0.2, 0.25) is 0 Å². The summed E-state index contributed by atoms with van der Waals surface area (Å²) in [6.45, 7) is 0.200. The fraction of sp³-hybridized carbons (Fsp3) is 0.556. The maximum Gasteiger partial charge on any atom is 0.407 e. The van der Waals surface area contributed by atoms with Gasteiger partial charge in [0.15, 0.2) is 0 Å². The zero-order valence-corrected chi connectivity index (χ0v) is 13.2. The second-order valence-electron chi connectivity index (χ2n) is 6.70. The van der Waals surface area contributed by atoms with Crippen molar-refractivity contribution < 1.29 is 19.4 Å². The highest BCUT2D eigenvalue weighted by Crippen LogP contribution is 2.51. The molecule has 0 aromatic heterocycles. The van der Waals surface area contributed by atoms with E-state index in [1.54, 1.807) is 0 Å². The molecule has 5 heteroatoms. The smallest absolute Gasteiger partial charge is 0.407 e. The summed E-state index contributed by atoms with van der Waals surface area (Å²) in [6, 6.07) is 9.48. The van der Waals surface area contributed by atoms with Gasteiger partial charge in [-0.15, -0.1) is 0 Å². The van der Waals surface area contributed by atoms with Crippen LogP contribution in [-0.4, -0.2) is 22.7 Å². The highest BCUT2D eigenvalue weighted by Gasteiger charge is 2.54. The molecule has 2 fully saturated rings. The standard InChI is InChI=1S/C18H23NO4/c20-16(21)11-18(15-9-10-15,14-7-4-8-14)19-17(22)23-12-13-5-2-1-3-6-13/h1-3,5-6,14-15H,4,7-12H2,(H,19,22)(H,20,21). The van der Waals surface area contributed by atoms with Crippen LogP contribution < -0.4 is 5.32 Å². The molecule has 2 N–H and O–H groups in total. The zero-order valence-electron chi connectivity index (χ0n) is 13.2. The summed E-state index contributed by atoms with van der Waals surface area (Å²) in [7, 11) is 0. The molecule has 1 aromatic rings. The zero-order chi connectivity index (χ0) is 16.3. The van der Waals surface area contributed by atoms with Crippen molar-refractivity contribution in [2.24, 2.45) is 11.8 Å². The van der Waals surface area contributed by atoms with Crippen LogP contribution in [0.4, 0.5) is 4.79 Å². The molecule has 0 aliphatic heterocycles. The third-order valence-corrected chi connectivity index (χ3v) is 5.13. The molecule has 1 unspecified atom stereocenters.